The quantitative estimate of drug-likeness (QED) is 0.943. The zero-order valence-corrected chi connectivity index (χ0v) is 12.9. The fourth-order valence-electron chi connectivity index (χ4n) is 1.48. The first-order valence-electron chi connectivity index (χ1n) is 6.13. The molecule has 0 saturated heterocycles. The summed E-state index contributed by atoms with van der Waals surface area (Å²) in [6, 6.07) is 5.76. The first-order chi connectivity index (χ1) is 8.94. The van der Waals surface area contributed by atoms with Gasteiger partial charge in [0.15, 0.2) is 5.82 Å². The van der Waals surface area contributed by atoms with E-state index in [-0.39, 0.29) is 5.54 Å². The van der Waals surface area contributed by atoms with Crippen molar-refractivity contribution in [2.75, 3.05) is 0 Å². The van der Waals surface area contributed by atoms with E-state index in [1.165, 1.54) is 0 Å². The number of aromatic nitrogens is 3. The number of hydrogen-bond acceptors (Lipinski definition) is 4. The van der Waals surface area contributed by atoms with Gasteiger partial charge in [0.25, 0.3) is 0 Å². The minimum absolute atomic E-state index is 0.0704. The fourth-order valence-corrected chi connectivity index (χ4v) is 1.72. The van der Waals surface area contributed by atoms with Gasteiger partial charge in [-0.3, -0.25) is 4.98 Å². The molecule has 5 heteroatoms. The van der Waals surface area contributed by atoms with Gasteiger partial charge in [-0.1, -0.05) is 0 Å². The second-order valence-electron chi connectivity index (χ2n) is 5.34. The van der Waals surface area contributed by atoms with Gasteiger partial charge in [0.05, 0.1) is 5.69 Å². The summed E-state index contributed by atoms with van der Waals surface area (Å²) >= 11 is 3.37. The number of nitrogens with zero attached hydrogens (tertiary/aromatic N) is 3. The van der Waals surface area contributed by atoms with Crippen LogP contribution in [0.15, 0.2) is 35.1 Å². The van der Waals surface area contributed by atoms with Crippen molar-refractivity contribution in [1.82, 2.24) is 20.3 Å². The molecule has 0 spiro atoms. The maximum atomic E-state index is 4.52. The van der Waals surface area contributed by atoms with E-state index in [0.29, 0.717) is 5.82 Å². The highest BCUT2D eigenvalue weighted by Crippen LogP contribution is 2.15. The fraction of sp³-hybridized carbons (Fsp3) is 0.357. The zero-order valence-electron chi connectivity index (χ0n) is 11.3. The molecule has 0 saturated carbocycles. The molecule has 0 fully saturated rings. The van der Waals surface area contributed by atoms with Crippen LogP contribution in [0.5, 0.6) is 0 Å². The van der Waals surface area contributed by atoms with Crippen LogP contribution in [-0.4, -0.2) is 20.5 Å². The van der Waals surface area contributed by atoms with E-state index in [1.807, 2.05) is 18.2 Å². The minimum Gasteiger partial charge on any atom is -0.306 e. The van der Waals surface area contributed by atoms with Crippen molar-refractivity contribution >= 4 is 15.9 Å². The maximum Gasteiger partial charge on any atom is 0.178 e. The van der Waals surface area contributed by atoms with E-state index in [2.05, 4.69) is 57.0 Å². The Labute approximate surface area is 121 Å². The number of pyridine rings is 1. The molecule has 0 radical (unpaired) electrons. The second-order valence-corrected chi connectivity index (χ2v) is 6.25. The third kappa shape index (κ3) is 4.36. The summed E-state index contributed by atoms with van der Waals surface area (Å²) in [5.74, 6) is 0.653. The van der Waals surface area contributed by atoms with Crippen molar-refractivity contribution in [3.05, 3.63) is 40.8 Å². The monoisotopic (exact) mass is 320 g/mol. The van der Waals surface area contributed by atoms with Gasteiger partial charge in [-0.05, 0) is 54.9 Å². The first kappa shape index (κ1) is 14.1. The molecule has 0 unspecified atom stereocenters. The van der Waals surface area contributed by atoms with E-state index < -0.39 is 0 Å². The van der Waals surface area contributed by atoms with Crippen molar-refractivity contribution in [2.45, 2.75) is 32.9 Å². The lowest BCUT2D eigenvalue weighted by Gasteiger charge is -2.20. The predicted molar refractivity (Wildman–Crippen MR) is 79.6 cm³/mol. The molecule has 2 rings (SSSR count). The third-order valence-corrected chi connectivity index (χ3v) is 2.94. The van der Waals surface area contributed by atoms with E-state index in [9.17, 15) is 0 Å². The average molecular weight is 321 g/mol. The summed E-state index contributed by atoms with van der Waals surface area (Å²) in [6.07, 6.45) is 3.52. The molecule has 100 valence electrons. The molecule has 1 N–H and O–H groups in total. The van der Waals surface area contributed by atoms with E-state index in [0.717, 1.165) is 22.4 Å². The van der Waals surface area contributed by atoms with Gasteiger partial charge in [0.1, 0.15) is 5.69 Å². The van der Waals surface area contributed by atoms with Crippen LogP contribution in [0.1, 0.15) is 26.5 Å². The molecule has 4 nitrogen and oxygen atoms in total. The average Bonchev–Trinajstić information content (AvgIpc) is 2.37. The predicted octanol–water partition coefficient (Wildman–Crippen LogP) is 3.19. The van der Waals surface area contributed by atoms with E-state index in [1.54, 1.807) is 12.4 Å². The van der Waals surface area contributed by atoms with Gasteiger partial charge in [-0.15, -0.1) is 0 Å². The van der Waals surface area contributed by atoms with Crippen LogP contribution in [0.3, 0.4) is 0 Å². The van der Waals surface area contributed by atoms with Gasteiger partial charge in [0, 0.05) is 29.0 Å². The number of hydrogen-bond donors (Lipinski definition) is 1. The smallest absolute Gasteiger partial charge is 0.178 e. The molecule has 2 aromatic heterocycles. The normalized spacial score (nSPS) is 11.6. The van der Waals surface area contributed by atoms with Crippen LogP contribution in [0.2, 0.25) is 0 Å². The minimum atomic E-state index is 0.0704. The van der Waals surface area contributed by atoms with Crippen LogP contribution in [0.4, 0.5) is 0 Å². The molecular weight excluding hydrogens is 304 g/mol. The summed E-state index contributed by atoms with van der Waals surface area (Å²) in [6.45, 7) is 7.11. The van der Waals surface area contributed by atoms with Gasteiger partial charge >= 0.3 is 0 Å². The highest BCUT2D eigenvalue weighted by atomic mass is 79.9. The molecule has 19 heavy (non-hydrogen) atoms. The Kier molecular flexibility index (Phi) is 4.27. The van der Waals surface area contributed by atoms with Crippen LogP contribution in [-0.2, 0) is 6.54 Å². The lowest BCUT2D eigenvalue weighted by atomic mass is 10.1. The Balaban J connectivity index is 2.17. The molecule has 0 aliphatic rings. The van der Waals surface area contributed by atoms with Gasteiger partial charge in [0.2, 0.25) is 0 Å². The van der Waals surface area contributed by atoms with Crippen molar-refractivity contribution in [3.63, 3.8) is 0 Å². The molecule has 0 aromatic carbocycles. The van der Waals surface area contributed by atoms with Crippen molar-refractivity contribution < 1.29 is 0 Å². The Bertz CT molecular complexity index is 546. The van der Waals surface area contributed by atoms with Gasteiger partial charge in [-0.2, -0.15) is 0 Å². The van der Waals surface area contributed by atoms with Crippen LogP contribution in [0, 0.1) is 0 Å². The molecule has 0 bridgehead atoms. The van der Waals surface area contributed by atoms with Crippen LogP contribution < -0.4 is 5.32 Å². The molecular formula is C14H17BrN4. The molecule has 0 aliphatic carbocycles. The highest BCUT2D eigenvalue weighted by molar-refractivity contribution is 9.10. The molecule has 2 heterocycles. The summed E-state index contributed by atoms with van der Waals surface area (Å²) in [7, 11) is 0. The first-order valence-corrected chi connectivity index (χ1v) is 6.92. The Morgan fingerprint density at radius 3 is 2.58 bits per heavy atom. The lowest BCUT2D eigenvalue weighted by molar-refractivity contribution is 0.421. The summed E-state index contributed by atoms with van der Waals surface area (Å²) in [5.41, 5.74) is 1.81. The largest absolute Gasteiger partial charge is 0.306 e. The van der Waals surface area contributed by atoms with Gasteiger partial charge in [-0.25, -0.2) is 9.97 Å². The molecule has 0 atom stereocenters. The Morgan fingerprint density at radius 1 is 1.16 bits per heavy atom. The van der Waals surface area contributed by atoms with Crippen molar-refractivity contribution in [3.8, 4) is 11.5 Å². The summed E-state index contributed by atoms with van der Waals surface area (Å²) in [5, 5.41) is 3.41. The SMILES string of the molecule is CC(C)(C)NCc1ccnc(-c2ccc(Br)cn2)n1. The lowest BCUT2D eigenvalue weighted by Crippen LogP contribution is -2.35. The molecule has 2 aromatic rings. The summed E-state index contributed by atoms with van der Waals surface area (Å²) < 4.78 is 0.946. The number of nitrogens with one attached hydrogen (secondary N) is 1. The zero-order chi connectivity index (χ0) is 13.9. The number of rotatable bonds is 3. The third-order valence-electron chi connectivity index (χ3n) is 2.47. The highest BCUT2D eigenvalue weighted by Gasteiger charge is 2.10. The van der Waals surface area contributed by atoms with E-state index in [4.69, 9.17) is 0 Å². The Hall–Kier alpha value is -1.33. The van der Waals surface area contributed by atoms with Crippen LogP contribution >= 0.6 is 15.9 Å². The molecule has 0 aliphatic heterocycles. The number of halogens is 1. The second kappa shape index (κ2) is 5.75. The summed E-state index contributed by atoms with van der Waals surface area (Å²) in [4.78, 5) is 13.1. The molecule has 0 amide bonds. The van der Waals surface area contributed by atoms with Crippen molar-refractivity contribution in [1.29, 1.82) is 0 Å². The van der Waals surface area contributed by atoms with Crippen molar-refractivity contribution in [2.24, 2.45) is 0 Å². The maximum absolute atomic E-state index is 4.52. The Morgan fingerprint density at radius 2 is 1.95 bits per heavy atom. The van der Waals surface area contributed by atoms with Crippen LogP contribution in [0.25, 0.3) is 11.5 Å². The van der Waals surface area contributed by atoms with Gasteiger partial charge < -0.3 is 5.32 Å². The standard InChI is InChI=1S/C14H17BrN4/c1-14(2,3)18-9-11-6-7-16-13(19-11)12-5-4-10(15)8-17-12/h4-8,18H,9H2,1-3H3. The topological polar surface area (TPSA) is 50.7 Å². The van der Waals surface area contributed by atoms with E-state index >= 15 is 0 Å².